The standard InChI is InChI=1S/C11H4Cl2F6N4OS/c12-5-1-4(11(14,15)16)2-6(13)8(5)23-10(21)9(7(3-20)22-23)25(17,18,19)24/h1-2H,21H2. The number of hydrogen-bond donors (Lipinski definition) is 1. The monoisotopic (exact) mass is 424 g/mol. The van der Waals surface area contributed by atoms with Crippen LogP contribution in [0.15, 0.2) is 17.0 Å². The molecule has 2 N–H and O–H groups in total. The molecule has 0 saturated carbocycles. The zero-order chi connectivity index (χ0) is 19.4. The molecule has 1 aromatic heterocycles. The number of nitrogens with zero attached hydrogens (tertiary/aromatic N) is 3. The van der Waals surface area contributed by atoms with Gasteiger partial charge in [0, 0.05) is 0 Å². The number of anilines is 1. The first-order chi connectivity index (χ1) is 11.1. The highest BCUT2D eigenvalue weighted by atomic mass is 35.5. The van der Waals surface area contributed by atoms with E-state index in [1.807, 2.05) is 0 Å². The van der Waals surface area contributed by atoms with E-state index in [1.165, 1.54) is 0 Å². The van der Waals surface area contributed by atoms with Gasteiger partial charge in [0.25, 0.3) is 0 Å². The van der Waals surface area contributed by atoms with Crippen LogP contribution in [0.4, 0.5) is 30.6 Å². The molecule has 14 heteroatoms. The normalized spacial score (nSPS) is 14.0. The molecule has 136 valence electrons. The summed E-state index contributed by atoms with van der Waals surface area (Å²) in [6, 6.07) is 1.85. The summed E-state index contributed by atoms with van der Waals surface area (Å²) in [5.41, 5.74) is 2.03. The zero-order valence-electron chi connectivity index (χ0n) is 11.4. The smallest absolute Gasteiger partial charge is 0.382 e. The highest BCUT2D eigenvalue weighted by Gasteiger charge is 2.46. The molecule has 25 heavy (non-hydrogen) atoms. The number of aromatic nitrogens is 2. The van der Waals surface area contributed by atoms with Crippen molar-refractivity contribution in [1.82, 2.24) is 9.78 Å². The molecule has 0 aliphatic rings. The van der Waals surface area contributed by atoms with Gasteiger partial charge in [0.1, 0.15) is 11.8 Å². The lowest BCUT2D eigenvalue weighted by Crippen LogP contribution is -2.15. The quantitative estimate of drug-likeness (QED) is 0.568. The largest absolute Gasteiger partial charge is 0.416 e. The van der Waals surface area contributed by atoms with Crippen molar-refractivity contribution in [2.24, 2.45) is 0 Å². The predicted octanol–water partition coefficient (Wildman–Crippen LogP) is 4.48. The summed E-state index contributed by atoms with van der Waals surface area (Å²) in [7, 11) is -7.99. The Bertz CT molecular complexity index is 956. The fourth-order valence-corrected chi connectivity index (χ4v) is 3.34. The Morgan fingerprint density at radius 1 is 1.20 bits per heavy atom. The Hall–Kier alpha value is -1.97. The maximum atomic E-state index is 13.2. The van der Waals surface area contributed by atoms with Crippen molar-refractivity contribution in [3.63, 3.8) is 0 Å². The molecule has 0 aliphatic heterocycles. The molecular formula is C11H4Cl2F6N4OS. The van der Waals surface area contributed by atoms with Gasteiger partial charge in [0.15, 0.2) is 16.4 Å². The number of nitriles is 1. The van der Waals surface area contributed by atoms with Crippen LogP contribution in [0.25, 0.3) is 5.69 Å². The van der Waals surface area contributed by atoms with Gasteiger partial charge < -0.3 is 5.73 Å². The van der Waals surface area contributed by atoms with Gasteiger partial charge in [0.2, 0.25) is 0 Å². The first kappa shape index (κ1) is 19.4. The average molecular weight is 425 g/mol. The van der Waals surface area contributed by atoms with Crippen LogP contribution in [-0.4, -0.2) is 14.0 Å². The van der Waals surface area contributed by atoms with Gasteiger partial charge in [-0.25, -0.2) is 4.68 Å². The first-order valence-electron chi connectivity index (χ1n) is 5.82. The second-order valence-electron chi connectivity index (χ2n) is 4.55. The van der Waals surface area contributed by atoms with Crippen LogP contribution in [0.2, 0.25) is 10.0 Å². The zero-order valence-corrected chi connectivity index (χ0v) is 13.7. The van der Waals surface area contributed by atoms with E-state index in [0.717, 1.165) is 6.07 Å². The van der Waals surface area contributed by atoms with Crippen LogP contribution in [0.1, 0.15) is 11.3 Å². The van der Waals surface area contributed by atoms with Gasteiger partial charge in [-0.05, 0) is 12.1 Å². The van der Waals surface area contributed by atoms with Crippen LogP contribution in [-0.2, 0) is 16.4 Å². The minimum Gasteiger partial charge on any atom is -0.382 e. The molecule has 0 spiro atoms. The van der Waals surface area contributed by atoms with Crippen molar-refractivity contribution in [1.29, 1.82) is 5.26 Å². The third kappa shape index (κ3) is 3.53. The van der Waals surface area contributed by atoms with E-state index in [2.05, 4.69) is 5.10 Å². The maximum absolute atomic E-state index is 13.2. The molecule has 0 bridgehead atoms. The van der Waals surface area contributed by atoms with E-state index in [-0.39, 0.29) is 4.68 Å². The number of nitrogens with two attached hydrogens (primary N) is 1. The van der Waals surface area contributed by atoms with Crippen LogP contribution >= 0.6 is 23.2 Å². The lowest BCUT2D eigenvalue weighted by Gasteiger charge is -2.15. The molecule has 1 heterocycles. The fourth-order valence-electron chi connectivity index (χ4n) is 1.90. The average Bonchev–Trinajstić information content (AvgIpc) is 2.73. The van der Waals surface area contributed by atoms with E-state index in [1.54, 1.807) is 0 Å². The van der Waals surface area contributed by atoms with Gasteiger partial charge in [0.05, 0.1) is 15.6 Å². The Morgan fingerprint density at radius 2 is 1.68 bits per heavy atom. The van der Waals surface area contributed by atoms with Crippen LogP contribution in [0.5, 0.6) is 0 Å². The van der Waals surface area contributed by atoms with Gasteiger partial charge in [-0.15, -0.1) is 0 Å². The molecule has 0 radical (unpaired) electrons. The Kier molecular flexibility index (Phi) is 4.27. The molecule has 0 atom stereocenters. The lowest BCUT2D eigenvalue weighted by atomic mass is 10.2. The molecule has 0 amide bonds. The molecule has 0 saturated heterocycles. The first-order valence-corrected chi connectivity index (χ1v) is 8.24. The number of halogens is 8. The summed E-state index contributed by atoms with van der Waals surface area (Å²) in [6.07, 6.45) is -4.82. The van der Waals surface area contributed by atoms with Crippen LogP contribution < -0.4 is 5.73 Å². The molecule has 2 rings (SSSR count). The second-order valence-corrected chi connectivity index (χ2v) is 7.13. The summed E-state index contributed by atoms with van der Waals surface area (Å²) < 4.78 is 88.8. The molecule has 2 aromatic rings. The number of hydrogen-bond acceptors (Lipinski definition) is 4. The second kappa shape index (κ2) is 5.52. The summed E-state index contributed by atoms with van der Waals surface area (Å²) in [5, 5.41) is 10.5. The van der Waals surface area contributed by atoms with Crippen LogP contribution in [0.3, 0.4) is 0 Å². The summed E-state index contributed by atoms with van der Waals surface area (Å²) >= 11 is 11.3. The van der Waals surface area contributed by atoms with E-state index in [9.17, 15) is 29.0 Å². The maximum Gasteiger partial charge on any atom is 0.416 e. The van der Waals surface area contributed by atoms with Crippen LogP contribution in [0, 0.1) is 11.3 Å². The van der Waals surface area contributed by atoms with E-state index in [0.29, 0.717) is 12.1 Å². The van der Waals surface area contributed by atoms with Crippen molar-refractivity contribution in [3.8, 4) is 11.8 Å². The molecular weight excluding hydrogens is 421 g/mol. The molecule has 0 aliphatic carbocycles. The number of benzene rings is 1. The molecule has 1 aromatic carbocycles. The third-order valence-electron chi connectivity index (χ3n) is 2.85. The molecule has 0 fully saturated rings. The van der Waals surface area contributed by atoms with Gasteiger partial charge in [-0.1, -0.05) is 34.9 Å². The minimum atomic E-state index is -7.99. The highest BCUT2D eigenvalue weighted by Crippen LogP contribution is 2.47. The van der Waals surface area contributed by atoms with E-state index < -0.39 is 54.1 Å². The van der Waals surface area contributed by atoms with E-state index >= 15 is 0 Å². The van der Waals surface area contributed by atoms with E-state index in [4.69, 9.17) is 34.2 Å². The highest BCUT2D eigenvalue weighted by molar-refractivity contribution is 8.06. The van der Waals surface area contributed by atoms with Crippen molar-refractivity contribution in [2.75, 3.05) is 5.73 Å². The third-order valence-corrected chi connectivity index (χ3v) is 4.46. The van der Waals surface area contributed by atoms with Crippen molar-refractivity contribution in [2.45, 2.75) is 11.1 Å². The number of nitrogen functional groups attached to an aromatic ring is 1. The van der Waals surface area contributed by atoms with Crippen molar-refractivity contribution in [3.05, 3.63) is 33.4 Å². The van der Waals surface area contributed by atoms with Gasteiger partial charge in [-0.2, -0.15) is 27.7 Å². The number of alkyl halides is 3. The Morgan fingerprint density at radius 3 is 2.00 bits per heavy atom. The topological polar surface area (TPSA) is 84.7 Å². The summed E-state index contributed by atoms with van der Waals surface area (Å²) in [4.78, 5) is -1.99. The van der Waals surface area contributed by atoms with Crippen molar-refractivity contribution < 1.29 is 29.0 Å². The predicted molar refractivity (Wildman–Crippen MR) is 77.4 cm³/mol. The Labute approximate surface area is 145 Å². The minimum absolute atomic E-state index is 0.213. The van der Waals surface area contributed by atoms with Gasteiger partial charge >= 0.3 is 16.4 Å². The lowest BCUT2D eigenvalue weighted by molar-refractivity contribution is -0.137. The number of rotatable bonds is 2. The van der Waals surface area contributed by atoms with Crippen molar-refractivity contribution >= 4 is 39.2 Å². The Balaban J connectivity index is 2.83. The fraction of sp³-hybridized carbons (Fsp3) is 0.0909. The SMILES string of the molecule is N#Cc1nn(-c2c(Cl)cc(C(F)(F)F)cc2Cl)c(N)c1S(=O)(F)(F)F. The summed E-state index contributed by atoms with van der Waals surface area (Å²) in [6.45, 7) is 0. The van der Waals surface area contributed by atoms with Gasteiger partial charge in [-0.3, -0.25) is 0 Å². The molecule has 5 nitrogen and oxygen atoms in total. The summed E-state index contributed by atoms with van der Waals surface area (Å²) in [5.74, 6) is -1.30. The molecule has 0 unspecified atom stereocenters.